The highest BCUT2D eigenvalue weighted by atomic mass is 35.5. The first kappa shape index (κ1) is 19.5. The van der Waals surface area contributed by atoms with Gasteiger partial charge in [0.05, 0.1) is 21.4 Å². The molecule has 0 unspecified atom stereocenters. The molecule has 8 heteroatoms. The lowest BCUT2D eigenvalue weighted by Crippen LogP contribution is -2.31. The highest BCUT2D eigenvalue weighted by Gasteiger charge is 2.23. The SMILES string of the molecule is CN(C(=O)Nc1c(Cl)cccc1Cl)c1ccnc(N2CCc3ccc(F)cc32)c1. The van der Waals surface area contributed by atoms with Crippen LogP contribution in [0.5, 0.6) is 0 Å². The Morgan fingerprint density at radius 2 is 1.93 bits per heavy atom. The fraction of sp³-hybridized carbons (Fsp3) is 0.143. The number of carbonyl (C=O) groups excluding carboxylic acids is 1. The molecule has 29 heavy (non-hydrogen) atoms. The second-order valence-corrected chi connectivity index (χ2v) is 7.45. The van der Waals surface area contributed by atoms with Gasteiger partial charge in [-0.15, -0.1) is 0 Å². The number of nitrogens with zero attached hydrogens (tertiary/aromatic N) is 3. The van der Waals surface area contributed by atoms with Gasteiger partial charge in [0.2, 0.25) is 0 Å². The van der Waals surface area contributed by atoms with Gasteiger partial charge in [-0.3, -0.25) is 4.90 Å². The lowest BCUT2D eigenvalue weighted by atomic mass is 10.2. The van der Waals surface area contributed by atoms with E-state index in [1.165, 1.54) is 17.0 Å². The number of nitrogens with one attached hydrogen (secondary N) is 1. The number of anilines is 4. The average Bonchev–Trinajstić information content (AvgIpc) is 3.13. The van der Waals surface area contributed by atoms with Gasteiger partial charge < -0.3 is 10.2 Å². The summed E-state index contributed by atoms with van der Waals surface area (Å²) in [6.07, 6.45) is 2.43. The molecule has 0 radical (unpaired) electrons. The van der Waals surface area contributed by atoms with Crippen molar-refractivity contribution in [3.05, 3.63) is 76.2 Å². The molecule has 4 rings (SSSR count). The van der Waals surface area contributed by atoms with Crippen LogP contribution < -0.4 is 15.1 Å². The molecule has 0 atom stereocenters. The van der Waals surface area contributed by atoms with Crippen LogP contribution in [0, 0.1) is 5.82 Å². The molecule has 0 aliphatic carbocycles. The Labute approximate surface area is 177 Å². The van der Waals surface area contributed by atoms with Gasteiger partial charge in [0.25, 0.3) is 0 Å². The second-order valence-electron chi connectivity index (χ2n) is 6.63. The Hall–Kier alpha value is -2.83. The van der Waals surface area contributed by atoms with Crippen LogP contribution in [0.1, 0.15) is 5.56 Å². The zero-order valence-corrected chi connectivity index (χ0v) is 17.0. The van der Waals surface area contributed by atoms with Crippen LogP contribution in [0.3, 0.4) is 0 Å². The zero-order valence-electron chi connectivity index (χ0n) is 15.5. The van der Waals surface area contributed by atoms with Crippen molar-refractivity contribution in [2.75, 3.05) is 28.7 Å². The Morgan fingerprint density at radius 1 is 1.17 bits per heavy atom. The molecule has 0 bridgehead atoms. The highest BCUT2D eigenvalue weighted by molar-refractivity contribution is 6.39. The van der Waals surface area contributed by atoms with E-state index in [0.717, 1.165) is 17.7 Å². The van der Waals surface area contributed by atoms with E-state index in [-0.39, 0.29) is 5.82 Å². The summed E-state index contributed by atoms with van der Waals surface area (Å²) < 4.78 is 13.7. The normalized spacial score (nSPS) is 12.6. The third-order valence-corrected chi connectivity index (χ3v) is 5.47. The number of fused-ring (bicyclic) bond motifs is 1. The summed E-state index contributed by atoms with van der Waals surface area (Å²) in [4.78, 5) is 20.5. The maximum absolute atomic E-state index is 13.7. The summed E-state index contributed by atoms with van der Waals surface area (Å²) in [6.45, 7) is 0.695. The number of hydrogen-bond acceptors (Lipinski definition) is 3. The monoisotopic (exact) mass is 430 g/mol. The minimum atomic E-state index is -0.398. The van der Waals surface area contributed by atoms with Crippen molar-refractivity contribution in [1.82, 2.24) is 4.98 Å². The van der Waals surface area contributed by atoms with Crippen LogP contribution in [0.4, 0.5) is 32.1 Å². The van der Waals surface area contributed by atoms with Gasteiger partial charge in [0.1, 0.15) is 11.6 Å². The summed E-state index contributed by atoms with van der Waals surface area (Å²) in [5, 5.41) is 3.43. The molecular formula is C21H17Cl2FN4O. The third-order valence-electron chi connectivity index (χ3n) is 4.84. The maximum Gasteiger partial charge on any atom is 0.326 e. The molecule has 2 amide bonds. The quantitative estimate of drug-likeness (QED) is 0.563. The van der Waals surface area contributed by atoms with E-state index in [1.54, 1.807) is 49.6 Å². The number of pyridine rings is 1. The molecule has 1 aliphatic heterocycles. The predicted octanol–water partition coefficient (Wildman–Crippen LogP) is 5.89. The molecule has 1 N–H and O–H groups in total. The molecule has 148 valence electrons. The van der Waals surface area contributed by atoms with Crippen LogP contribution in [0.25, 0.3) is 0 Å². The van der Waals surface area contributed by atoms with Crippen LogP contribution >= 0.6 is 23.2 Å². The first-order valence-electron chi connectivity index (χ1n) is 8.95. The first-order chi connectivity index (χ1) is 13.9. The molecule has 2 heterocycles. The van der Waals surface area contributed by atoms with Gasteiger partial charge in [-0.2, -0.15) is 0 Å². The van der Waals surface area contributed by atoms with Gasteiger partial charge in [-0.05, 0) is 42.3 Å². The van der Waals surface area contributed by atoms with E-state index < -0.39 is 6.03 Å². The van der Waals surface area contributed by atoms with Gasteiger partial charge in [0.15, 0.2) is 0 Å². The minimum absolute atomic E-state index is 0.292. The number of carbonyl (C=O) groups is 1. The van der Waals surface area contributed by atoms with Gasteiger partial charge >= 0.3 is 6.03 Å². The van der Waals surface area contributed by atoms with E-state index in [9.17, 15) is 9.18 Å². The molecule has 0 saturated carbocycles. The van der Waals surface area contributed by atoms with Crippen LogP contribution in [-0.2, 0) is 6.42 Å². The van der Waals surface area contributed by atoms with Crippen molar-refractivity contribution in [2.24, 2.45) is 0 Å². The summed E-state index contributed by atoms with van der Waals surface area (Å²) in [5.74, 6) is 0.349. The van der Waals surface area contributed by atoms with E-state index in [1.807, 2.05) is 4.90 Å². The zero-order chi connectivity index (χ0) is 20.5. The van der Waals surface area contributed by atoms with Crippen molar-refractivity contribution in [3.8, 4) is 0 Å². The molecule has 0 spiro atoms. The van der Waals surface area contributed by atoms with Crippen molar-refractivity contribution < 1.29 is 9.18 Å². The van der Waals surface area contributed by atoms with E-state index in [2.05, 4.69) is 10.3 Å². The summed E-state index contributed by atoms with van der Waals surface area (Å²) in [5.41, 5.74) is 2.84. The third kappa shape index (κ3) is 3.86. The Morgan fingerprint density at radius 3 is 2.69 bits per heavy atom. The van der Waals surface area contributed by atoms with E-state index >= 15 is 0 Å². The first-order valence-corrected chi connectivity index (χ1v) is 9.70. The molecule has 1 aromatic heterocycles. The van der Waals surface area contributed by atoms with E-state index in [0.29, 0.717) is 33.8 Å². The number of benzene rings is 2. The Kier molecular flexibility index (Phi) is 5.30. The number of aromatic nitrogens is 1. The Bertz CT molecular complexity index is 1070. The summed E-state index contributed by atoms with van der Waals surface area (Å²) >= 11 is 12.3. The molecule has 1 aliphatic rings. The average molecular weight is 431 g/mol. The van der Waals surface area contributed by atoms with Gasteiger partial charge in [-0.25, -0.2) is 14.2 Å². The number of amides is 2. The molecule has 5 nitrogen and oxygen atoms in total. The smallest absolute Gasteiger partial charge is 0.326 e. The standard InChI is InChI=1S/C21H17Cl2FN4O/c1-27(21(29)26-20-16(22)3-2-4-17(20)23)15-7-9-25-19(12-15)28-10-8-13-5-6-14(24)11-18(13)28/h2-7,9,11-12H,8,10H2,1H3,(H,26,29). The molecule has 0 fully saturated rings. The fourth-order valence-corrected chi connectivity index (χ4v) is 3.77. The van der Waals surface area contributed by atoms with Crippen LogP contribution in [0.2, 0.25) is 10.0 Å². The van der Waals surface area contributed by atoms with Crippen LogP contribution in [0.15, 0.2) is 54.7 Å². The minimum Gasteiger partial charge on any atom is -0.326 e. The van der Waals surface area contributed by atoms with Gasteiger partial charge in [0, 0.05) is 31.5 Å². The van der Waals surface area contributed by atoms with Crippen molar-refractivity contribution >= 4 is 52.1 Å². The van der Waals surface area contributed by atoms with Crippen LogP contribution in [-0.4, -0.2) is 24.6 Å². The number of halogens is 3. The number of para-hydroxylation sites is 1. The second kappa shape index (κ2) is 7.89. The topological polar surface area (TPSA) is 48.5 Å². The lowest BCUT2D eigenvalue weighted by Gasteiger charge is -2.22. The van der Waals surface area contributed by atoms with Crippen molar-refractivity contribution in [1.29, 1.82) is 0 Å². The predicted molar refractivity (Wildman–Crippen MR) is 115 cm³/mol. The number of urea groups is 1. The highest BCUT2D eigenvalue weighted by Crippen LogP contribution is 2.35. The Balaban J connectivity index is 1.58. The molecule has 2 aromatic carbocycles. The molecular weight excluding hydrogens is 414 g/mol. The number of hydrogen-bond donors (Lipinski definition) is 1. The van der Waals surface area contributed by atoms with Crippen molar-refractivity contribution in [3.63, 3.8) is 0 Å². The summed E-state index contributed by atoms with van der Waals surface area (Å²) in [6, 6.07) is 12.9. The molecule has 3 aromatic rings. The maximum atomic E-state index is 13.7. The van der Waals surface area contributed by atoms with Gasteiger partial charge in [-0.1, -0.05) is 35.3 Å². The van der Waals surface area contributed by atoms with E-state index in [4.69, 9.17) is 23.2 Å². The fourth-order valence-electron chi connectivity index (χ4n) is 3.28. The van der Waals surface area contributed by atoms with Crippen molar-refractivity contribution in [2.45, 2.75) is 6.42 Å². The lowest BCUT2D eigenvalue weighted by molar-refractivity contribution is 0.258. The number of rotatable bonds is 3. The molecule has 0 saturated heterocycles. The largest absolute Gasteiger partial charge is 0.326 e. The summed E-state index contributed by atoms with van der Waals surface area (Å²) in [7, 11) is 1.64.